The summed E-state index contributed by atoms with van der Waals surface area (Å²) in [7, 11) is 3.93. The first-order valence-electron chi connectivity index (χ1n) is 11.9. The van der Waals surface area contributed by atoms with E-state index in [0.29, 0.717) is 36.2 Å². The first-order valence-corrected chi connectivity index (χ1v) is 13.1. The molecule has 0 saturated heterocycles. The van der Waals surface area contributed by atoms with Crippen molar-refractivity contribution in [3.63, 3.8) is 0 Å². The van der Waals surface area contributed by atoms with E-state index in [0.717, 1.165) is 30.6 Å². The van der Waals surface area contributed by atoms with Gasteiger partial charge in [-0.2, -0.15) is 0 Å². The van der Waals surface area contributed by atoms with E-state index in [4.69, 9.17) is 4.74 Å². The Morgan fingerprint density at radius 3 is 2.69 bits per heavy atom. The summed E-state index contributed by atoms with van der Waals surface area (Å²) in [6.07, 6.45) is 4.52. The zero-order valence-electron chi connectivity index (χ0n) is 20.6. The summed E-state index contributed by atoms with van der Waals surface area (Å²) in [4.78, 5) is 26.2. The average Bonchev–Trinajstić information content (AvgIpc) is 3.01. The molecule has 1 aliphatic rings. The van der Waals surface area contributed by atoms with Gasteiger partial charge in [0, 0.05) is 32.9 Å². The Morgan fingerprint density at radius 1 is 1.11 bits per heavy atom. The quantitative estimate of drug-likeness (QED) is 0.337. The Hall–Kier alpha value is -2.94. The molecule has 0 bridgehead atoms. The predicted molar refractivity (Wildman–Crippen MR) is 141 cm³/mol. The molecule has 3 aromatic rings. The molecule has 1 aliphatic heterocycles. The smallest absolute Gasteiger partial charge is 0.259 e. The van der Waals surface area contributed by atoms with Crippen molar-refractivity contribution in [2.45, 2.75) is 30.8 Å². The number of nitrogens with one attached hydrogen (secondary N) is 1. The topological polar surface area (TPSA) is 70.6 Å². The monoisotopic (exact) mass is 491 g/mol. The fraction of sp³-hybridized carbons (Fsp3) is 0.370. The second kappa shape index (κ2) is 12.2. The first-order chi connectivity index (χ1) is 17.1. The van der Waals surface area contributed by atoms with Gasteiger partial charge >= 0.3 is 0 Å². The van der Waals surface area contributed by atoms with Crippen molar-refractivity contribution < 1.29 is 9.53 Å². The Kier molecular flexibility index (Phi) is 8.74. The van der Waals surface area contributed by atoms with Crippen LogP contribution in [0.5, 0.6) is 0 Å². The number of benzene rings is 2. The maximum atomic E-state index is 13.3. The van der Waals surface area contributed by atoms with E-state index in [1.54, 1.807) is 6.20 Å². The zero-order valence-corrected chi connectivity index (χ0v) is 21.4. The van der Waals surface area contributed by atoms with E-state index in [1.807, 2.05) is 54.4 Å². The highest BCUT2D eigenvalue weighted by Gasteiger charge is 2.27. The highest BCUT2D eigenvalue weighted by Crippen LogP contribution is 2.26. The minimum Gasteiger partial charge on any atom is -0.369 e. The van der Waals surface area contributed by atoms with Gasteiger partial charge in [0.15, 0.2) is 5.16 Å². The van der Waals surface area contributed by atoms with Crippen molar-refractivity contribution >= 4 is 23.5 Å². The zero-order chi connectivity index (χ0) is 24.6. The molecule has 2 aromatic carbocycles. The van der Waals surface area contributed by atoms with Crippen LogP contribution in [0.1, 0.15) is 39.6 Å². The molecule has 1 N–H and O–H groups in total. The molecule has 1 atom stereocenters. The van der Waals surface area contributed by atoms with Crippen LogP contribution in [0.3, 0.4) is 0 Å². The van der Waals surface area contributed by atoms with Crippen LogP contribution >= 0.6 is 11.8 Å². The van der Waals surface area contributed by atoms with Gasteiger partial charge in [0.1, 0.15) is 11.4 Å². The third-order valence-electron chi connectivity index (χ3n) is 6.16. The number of anilines is 1. The number of hydrogen-bond donors (Lipinski definition) is 1. The molecule has 0 radical (unpaired) electrons. The third-order valence-corrected chi connectivity index (χ3v) is 6.72. The minimum absolute atomic E-state index is 0.0257. The molecule has 8 heteroatoms. The van der Waals surface area contributed by atoms with Crippen molar-refractivity contribution in [2.24, 2.45) is 0 Å². The van der Waals surface area contributed by atoms with Crippen LogP contribution in [0.2, 0.25) is 0 Å². The summed E-state index contributed by atoms with van der Waals surface area (Å²) in [5.41, 5.74) is 3.92. The summed E-state index contributed by atoms with van der Waals surface area (Å²) in [6, 6.07) is 18.7. The Labute approximate surface area is 211 Å². The number of hydrogen-bond acceptors (Lipinski definition) is 7. The lowest BCUT2D eigenvalue weighted by molar-refractivity contribution is 0.0343. The fourth-order valence-corrected chi connectivity index (χ4v) is 4.56. The highest BCUT2D eigenvalue weighted by atomic mass is 32.2. The van der Waals surface area contributed by atoms with Gasteiger partial charge in [0.25, 0.3) is 5.91 Å². The van der Waals surface area contributed by atoms with E-state index in [2.05, 4.69) is 45.6 Å². The summed E-state index contributed by atoms with van der Waals surface area (Å²) in [5, 5.41) is 3.89. The number of carbonyl (C=O) groups excluding carboxylic acids is 1. The van der Waals surface area contributed by atoms with Gasteiger partial charge < -0.3 is 19.9 Å². The number of ether oxygens (including phenoxy) is 1. The van der Waals surface area contributed by atoms with Gasteiger partial charge in [0.2, 0.25) is 0 Å². The van der Waals surface area contributed by atoms with Gasteiger partial charge in [-0.15, -0.1) is 0 Å². The van der Waals surface area contributed by atoms with Crippen LogP contribution in [0, 0.1) is 0 Å². The second-order valence-electron chi connectivity index (χ2n) is 8.66. The lowest BCUT2D eigenvalue weighted by Gasteiger charge is -2.22. The number of fused-ring (bicyclic) bond motifs is 1. The molecule has 1 amide bonds. The molecule has 0 saturated carbocycles. The summed E-state index contributed by atoms with van der Waals surface area (Å²) < 4.78 is 6.34. The predicted octanol–water partition coefficient (Wildman–Crippen LogP) is 4.16. The number of likely N-dealkylation sites (N-methyl/N-ethyl adjacent to an activating group) is 1. The van der Waals surface area contributed by atoms with Crippen molar-refractivity contribution in [3.8, 4) is 0 Å². The van der Waals surface area contributed by atoms with Gasteiger partial charge in [-0.1, -0.05) is 66.4 Å². The maximum absolute atomic E-state index is 13.3. The number of nitrogens with zero attached hydrogens (tertiary/aromatic N) is 4. The third kappa shape index (κ3) is 6.39. The van der Waals surface area contributed by atoms with Crippen LogP contribution in [0.4, 0.5) is 5.82 Å². The molecule has 4 rings (SSSR count). The molecule has 0 fully saturated rings. The SMILES string of the molecule is CNCCC(OCc1cccc(CN2CCN(C)c3nc(SC)ncc3C2=O)c1)c1ccccc1. The van der Waals surface area contributed by atoms with Crippen molar-refractivity contribution in [2.75, 3.05) is 44.9 Å². The summed E-state index contributed by atoms with van der Waals surface area (Å²) in [6.45, 7) is 3.28. The number of carbonyl (C=O) groups is 1. The molecule has 1 unspecified atom stereocenters. The molecule has 184 valence electrons. The van der Waals surface area contributed by atoms with E-state index < -0.39 is 0 Å². The molecule has 1 aromatic heterocycles. The molecule has 7 nitrogen and oxygen atoms in total. The first kappa shape index (κ1) is 25.2. The number of rotatable bonds is 10. The van der Waals surface area contributed by atoms with Crippen LogP contribution in [0.25, 0.3) is 0 Å². The molecule has 35 heavy (non-hydrogen) atoms. The Balaban J connectivity index is 1.45. The van der Waals surface area contributed by atoms with E-state index >= 15 is 0 Å². The molecular formula is C27H33N5O2S. The standard InChI is InChI=1S/C27H33N5O2S/c1-28-13-12-24(22-10-5-4-6-11-22)34-19-21-9-7-8-20(16-21)18-32-15-14-31(2)25-23(26(32)33)17-29-27(30-25)35-3/h4-11,16-17,24,28H,12-15,18-19H2,1-3H3. The molecule has 2 heterocycles. The number of aromatic nitrogens is 2. The van der Waals surface area contributed by atoms with Crippen molar-refractivity contribution in [3.05, 3.63) is 83.0 Å². The Bertz CT molecular complexity index is 1130. The summed E-state index contributed by atoms with van der Waals surface area (Å²) in [5.74, 6) is 0.669. The van der Waals surface area contributed by atoms with E-state index in [-0.39, 0.29) is 12.0 Å². The van der Waals surface area contributed by atoms with Gasteiger partial charge in [-0.3, -0.25) is 4.79 Å². The Morgan fingerprint density at radius 2 is 1.91 bits per heavy atom. The molecular weight excluding hydrogens is 458 g/mol. The van der Waals surface area contributed by atoms with Crippen LogP contribution in [-0.4, -0.2) is 60.8 Å². The van der Waals surface area contributed by atoms with Gasteiger partial charge in [-0.25, -0.2) is 9.97 Å². The normalized spacial score (nSPS) is 14.5. The van der Waals surface area contributed by atoms with E-state index in [1.165, 1.54) is 17.3 Å². The fourth-order valence-electron chi connectivity index (χ4n) is 4.22. The summed E-state index contributed by atoms with van der Waals surface area (Å²) >= 11 is 1.48. The van der Waals surface area contributed by atoms with Crippen molar-refractivity contribution in [1.29, 1.82) is 0 Å². The van der Waals surface area contributed by atoms with Crippen LogP contribution in [-0.2, 0) is 17.9 Å². The second-order valence-corrected chi connectivity index (χ2v) is 9.44. The van der Waals surface area contributed by atoms with Gasteiger partial charge in [0.05, 0.1) is 12.7 Å². The number of amides is 1. The maximum Gasteiger partial charge on any atom is 0.259 e. The van der Waals surface area contributed by atoms with Crippen LogP contribution < -0.4 is 10.2 Å². The van der Waals surface area contributed by atoms with Gasteiger partial charge in [-0.05, 0) is 43.0 Å². The average molecular weight is 492 g/mol. The van der Waals surface area contributed by atoms with E-state index in [9.17, 15) is 4.79 Å². The lowest BCUT2D eigenvalue weighted by atomic mass is 10.1. The van der Waals surface area contributed by atoms with Crippen LogP contribution in [0.15, 0.2) is 66.0 Å². The van der Waals surface area contributed by atoms with Crippen molar-refractivity contribution in [1.82, 2.24) is 20.2 Å². The largest absolute Gasteiger partial charge is 0.369 e. The number of thioether (sulfide) groups is 1. The minimum atomic E-state index is -0.0325. The molecule has 0 spiro atoms. The molecule has 0 aliphatic carbocycles. The highest BCUT2D eigenvalue weighted by molar-refractivity contribution is 7.98. The lowest BCUT2D eigenvalue weighted by Crippen LogP contribution is -2.33.